The minimum absolute atomic E-state index is 0.788. The molecule has 0 saturated carbocycles. The number of rotatable bonds is 2. The van der Waals surface area contributed by atoms with Crippen LogP contribution in [0.1, 0.15) is 6.92 Å². The minimum atomic E-state index is 0.788. The third-order valence-corrected chi connectivity index (χ3v) is 0.348. The summed E-state index contributed by atoms with van der Waals surface area (Å²) < 4.78 is 0. The Morgan fingerprint density at radius 2 is 2.60 bits per heavy atom. The standard InChI is InChI=1S/C4H9N/c1-3-5-4-2/h4-5H,1,3H2,2H3. The van der Waals surface area contributed by atoms with Crippen LogP contribution in [0.3, 0.4) is 0 Å². The van der Waals surface area contributed by atoms with E-state index in [1.807, 2.05) is 13.5 Å². The fraction of sp³-hybridized carbons (Fsp3) is 0.500. The Bertz CT molecular complexity index is 11.1. The van der Waals surface area contributed by atoms with Gasteiger partial charge in [-0.15, -0.1) is 0 Å². The van der Waals surface area contributed by atoms with Crippen LogP contribution in [0.15, 0.2) is 0 Å². The van der Waals surface area contributed by atoms with E-state index in [0.29, 0.717) is 0 Å². The predicted molar refractivity (Wildman–Crippen MR) is 23.3 cm³/mol. The van der Waals surface area contributed by atoms with E-state index in [0.717, 1.165) is 6.54 Å². The number of hydrogen-bond acceptors (Lipinski definition) is 1. The lowest BCUT2D eigenvalue weighted by Crippen LogP contribution is -2.04. The molecule has 5 heavy (non-hydrogen) atoms. The molecule has 0 saturated heterocycles. The molecule has 0 aromatic carbocycles. The van der Waals surface area contributed by atoms with E-state index < -0.39 is 0 Å². The summed E-state index contributed by atoms with van der Waals surface area (Å²) in [6.45, 7) is 8.12. The minimum Gasteiger partial charge on any atom is -0.313 e. The molecule has 0 spiro atoms. The van der Waals surface area contributed by atoms with Crippen LogP contribution in [-0.4, -0.2) is 6.54 Å². The molecule has 2 radical (unpaired) electrons. The Balaban J connectivity index is 2.19. The van der Waals surface area contributed by atoms with Crippen LogP contribution in [0.5, 0.6) is 0 Å². The summed E-state index contributed by atoms with van der Waals surface area (Å²) in [7, 11) is 0. The molecule has 0 bridgehead atoms. The lowest BCUT2D eigenvalue weighted by atomic mass is 10.7. The molecule has 0 aromatic heterocycles. The average molecular weight is 71.1 g/mol. The molecule has 30 valence electrons. The smallest absolute Gasteiger partial charge is 0.0190 e. The van der Waals surface area contributed by atoms with Crippen LogP contribution in [0.2, 0.25) is 0 Å². The van der Waals surface area contributed by atoms with E-state index in [2.05, 4.69) is 12.2 Å². The van der Waals surface area contributed by atoms with Crippen LogP contribution in [-0.2, 0) is 0 Å². The molecule has 0 atom stereocenters. The van der Waals surface area contributed by atoms with Gasteiger partial charge < -0.3 is 5.32 Å². The summed E-state index contributed by atoms with van der Waals surface area (Å²) >= 11 is 0. The highest BCUT2D eigenvalue weighted by Crippen LogP contribution is 1.55. The van der Waals surface area contributed by atoms with Gasteiger partial charge in [0.25, 0.3) is 0 Å². The molecule has 0 aliphatic heterocycles. The van der Waals surface area contributed by atoms with Crippen molar-refractivity contribution in [3.63, 3.8) is 0 Å². The quantitative estimate of drug-likeness (QED) is 0.502. The third kappa shape index (κ3) is 3.96. The zero-order chi connectivity index (χ0) is 4.12. The van der Waals surface area contributed by atoms with Gasteiger partial charge in [0.15, 0.2) is 0 Å². The van der Waals surface area contributed by atoms with Gasteiger partial charge in [0.1, 0.15) is 0 Å². The highest BCUT2D eigenvalue weighted by atomic mass is 14.8. The van der Waals surface area contributed by atoms with Crippen molar-refractivity contribution in [2.24, 2.45) is 0 Å². The maximum atomic E-state index is 3.53. The highest BCUT2D eigenvalue weighted by Gasteiger charge is 1.63. The van der Waals surface area contributed by atoms with E-state index in [9.17, 15) is 0 Å². The van der Waals surface area contributed by atoms with Gasteiger partial charge in [0.2, 0.25) is 0 Å². The van der Waals surface area contributed by atoms with E-state index in [1.165, 1.54) is 0 Å². The van der Waals surface area contributed by atoms with E-state index in [1.54, 1.807) is 0 Å². The van der Waals surface area contributed by atoms with Gasteiger partial charge in [-0.05, 0) is 20.4 Å². The molecular formula is C4H9N. The first kappa shape index (κ1) is 4.96. The average Bonchev–Trinajstić information content (AvgIpc) is 1.41. The van der Waals surface area contributed by atoms with Crippen LogP contribution < -0.4 is 5.32 Å². The molecule has 0 fully saturated rings. The first-order valence-corrected chi connectivity index (χ1v) is 1.72. The topological polar surface area (TPSA) is 12.0 Å². The van der Waals surface area contributed by atoms with Gasteiger partial charge in [-0.2, -0.15) is 0 Å². The molecule has 0 heterocycles. The Hall–Kier alpha value is -0.0400. The van der Waals surface area contributed by atoms with Gasteiger partial charge in [0.05, 0.1) is 0 Å². The molecule has 0 amide bonds. The fourth-order valence-electron chi connectivity index (χ4n) is 0.144. The van der Waals surface area contributed by atoms with Crippen LogP contribution in [0.25, 0.3) is 0 Å². The Morgan fingerprint density at radius 3 is 2.60 bits per heavy atom. The highest BCUT2D eigenvalue weighted by molar-refractivity contribution is 4.51. The molecule has 1 nitrogen and oxygen atoms in total. The van der Waals surface area contributed by atoms with Gasteiger partial charge in [-0.1, -0.05) is 0 Å². The summed E-state index contributed by atoms with van der Waals surface area (Å²) in [4.78, 5) is 0. The van der Waals surface area contributed by atoms with Crippen molar-refractivity contribution < 1.29 is 0 Å². The monoisotopic (exact) mass is 71.1 g/mol. The summed E-state index contributed by atoms with van der Waals surface area (Å²) in [5, 5.41) is 2.88. The maximum Gasteiger partial charge on any atom is 0.0190 e. The summed E-state index contributed by atoms with van der Waals surface area (Å²) in [6, 6.07) is 0. The van der Waals surface area contributed by atoms with Crippen molar-refractivity contribution >= 4 is 0 Å². The molecule has 1 heteroatoms. The first-order chi connectivity index (χ1) is 2.41. The third-order valence-electron chi connectivity index (χ3n) is 0.348. The molecule has 0 aliphatic rings. The zero-order valence-corrected chi connectivity index (χ0v) is 3.49. The summed E-state index contributed by atoms with van der Waals surface area (Å²) in [6.07, 6.45) is 0. The second kappa shape index (κ2) is 3.96. The van der Waals surface area contributed by atoms with E-state index >= 15 is 0 Å². The first-order valence-electron chi connectivity index (χ1n) is 1.72. The van der Waals surface area contributed by atoms with Gasteiger partial charge in [-0.3, -0.25) is 0 Å². The number of hydrogen-bond donors (Lipinski definition) is 1. The van der Waals surface area contributed by atoms with Gasteiger partial charge >= 0.3 is 0 Å². The number of nitrogens with one attached hydrogen (secondary N) is 1. The molecule has 0 aliphatic carbocycles. The Morgan fingerprint density at radius 1 is 2.00 bits per heavy atom. The van der Waals surface area contributed by atoms with Gasteiger partial charge in [-0.25, -0.2) is 0 Å². The summed E-state index contributed by atoms with van der Waals surface area (Å²) in [5.41, 5.74) is 0. The Kier molecular flexibility index (Phi) is 3.93. The van der Waals surface area contributed by atoms with Crippen molar-refractivity contribution in [1.29, 1.82) is 0 Å². The normalized spacial score (nSPS) is 8.40. The lowest BCUT2D eigenvalue weighted by Gasteiger charge is -1.85. The van der Waals surface area contributed by atoms with Crippen molar-refractivity contribution in [3.8, 4) is 0 Å². The van der Waals surface area contributed by atoms with Crippen LogP contribution in [0.4, 0.5) is 0 Å². The fourth-order valence-corrected chi connectivity index (χ4v) is 0.144. The molecular weight excluding hydrogens is 62.1 g/mol. The largest absolute Gasteiger partial charge is 0.313 e. The predicted octanol–water partition coefficient (Wildman–Crippen LogP) is 0.592. The Labute approximate surface area is 33.4 Å². The lowest BCUT2D eigenvalue weighted by molar-refractivity contribution is 0.896. The molecule has 0 rings (SSSR count). The van der Waals surface area contributed by atoms with Crippen molar-refractivity contribution in [2.75, 3.05) is 6.54 Å². The molecule has 0 aromatic rings. The second-order valence-electron chi connectivity index (χ2n) is 0.743. The van der Waals surface area contributed by atoms with Crippen LogP contribution >= 0.6 is 0 Å². The molecule has 0 unspecified atom stereocenters. The van der Waals surface area contributed by atoms with E-state index in [4.69, 9.17) is 0 Å². The van der Waals surface area contributed by atoms with E-state index in [-0.39, 0.29) is 0 Å². The van der Waals surface area contributed by atoms with Crippen molar-refractivity contribution in [2.45, 2.75) is 6.92 Å². The van der Waals surface area contributed by atoms with Crippen molar-refractivity contribution in [1.82, 2.24) is 5.32 Å². The SMILES string of the molecule is [CH2]CN[CH]C. The zero-order valence-electron chi connectivity index (χ0n) is 3.49. The van der Waals surface area contributed by atoms with Gasteiger partial charge in [0, 0.05) is 6.54 Å². The van der Waals surface area contributed by atoms with Crippen molar-refractivity contribution in [3.05, 3.63) is 13.5 Å². The maximum absolute atomic E-state index is 3.53. The summed E-state index contributed by atoms with van der Waals surface area (Å²) in [5.74, 6) is 0. The van der Waals surface area contributed by atoms with Crippen LogP contribution in [0, 0.1) is 13.5 Å². The second-order valence-corrected chi connectivity index (χ2v) is 0.743. The molecule has 1 N–H and O–H groups in total.